The molecule has 70 heavy (non-hydrogen) atoms. The molecule has 0 amide bonds. The van der Waals surface area contributed by atoms with Crippen molar-refractivity contribution in [3.05, 3.63) is 198 Å². The molecule has 3 aromatic heterocycles. The summed E-state index contributed by atoms with van der Waals surface area (Å²) in [6.07, 6.45) is 4.19. The number of halogens is 1. The van der Waals surface area contributed by atoms with Gasteiger partial charge in [0, 0.05) is 40.2 Å². The number of ether oxygens (including phenoxy) is 1. The second-order valence-electron chi connectivity index (χ2n) is 21.3. The molecule has 0 unspecified atom stereocenters. The average Bonchev–Trinajstić information content (AvgIpc) is 3.89. The molecule has 0 bridgehead atoms. The Morgan fingerprint density at radius 3 is 1.81 bits per heavy atom. The minimum absolute atomic E-state index is 0.0371. The van der Waals surface area contributed by atoms with Gasteiger partial charge in [0.15, 0.2) is 11.0 Å². The first kappa shape index (κ1) is 46.4. The summed E-state index contributed by atoms with van der Waals surface area (Å²) in [7, 11) is 0. The number of pyridine rings is 1. The number of aromatic nitrogens is 4. The zero-order valence-electron chi connectivity index (χ0n) is 42.5. The van der Waals surface area contributed by atoms with Crippen molar-refractivity contribution in [3.63, 3.8) is 0 Å². The average molecular weight is 924 g/mol. The maximum absolute atomic E-state index is 14.1. The molecule has 0 aliphatic rings. The standard InChI is InChI=1S/C64H64FN4O/c1-39(2)51-18-16-19-52(40(3)4)62(51)45-31-48(36-50(32-45)70-49-27-28-54-53-17-12-13-20-57(53)69(60(54)37-49)61-35-46(29-30-66-61)64(9,10)11)67-38-68(59-22-15-14-21-58(59)67)63-55(41(5)6)33-44(34-56(63)42(7)8)43-23-25-47(65)26-24-43/h12-42H,1-11H3/q+1. The van der Waals surface area contributed by atoms with Crippen LogP contribution in [0.4, 0.5) is 4.39 Å². The van der Waals surface area contributed by atoms with Crippen molar-refractivity contribution in [1.29, 1.82) is 0 Å². The number of nitrogens with zero attached hydrogens (tertiary/aromatic N) is 4. The molecule has 0 fully saturated rings. The lowest BCUT2D eigenvalue weighted by Crippen LogP contribution is -2.33. The Bertz CT molecular complexity index is 3530. The highest BCUT2D eigenvalue weighted by Crippen LogP contribution is 2.42. The van der Waals surface area contributed by atoms with E-state index in [4.69, 9.17) is 9.72 Å². The second kappa shape index (κ2) is 18.2. The molecular formula is C64H64FN4O+. The SMILES string of the molecule is CC(C)c1cccc(C(C)C)c1-c1cc(Oc2ccc3c4ccccc4n(-c4cc(C(C)(C)C)ccn4)c3c2)cc(-n2c[n+](-c3c(C(C)C)cc(-c4ccc(F)cc4)cc3C(C)C)c3ccccc32)c1. The van der Waals surface area contributed by atoms with E-state index >= 15 is 0 Å². The van der Waals surface area contributed by atoms with E-state index in [1.807, 2.05) is 18.3 Å². The number of para-hydroxylation sites is 3. The van der Waals surface area contributed by atoms with Crippen LogP contribution in [0.25, 0.3) is 72.3 Å². The highest BCUT2D eigenvalue weighted by Gasteiger charge is 2.28. The normalized spacial score (nSPS) is 12.2. The molecular weight excluding hydrogens is 860 g/mol. The quantitative estimate of drug-likeness (QED) is 0.121. The molecule has 10 aromatic rings. The fraction of sp³-hybridized carbons (Fsp3) is 0.250. The van der Waals surface area contributed by atoms with Gasteiger partial charge in [-0.15, -0.1) is 0 Å². The van der Waals surface area contributed by atoms with Crippen LogP contribution in [0.1, 0.15) is 128 Å². The van der Waals surface area contributed by atoms with E-state index in [-0.39, 0.29) is 23.1 Å². The highest BCUT2D eigenvalue weighted by atomic mass is 19.1. The summed E-state index contributed by atoms with van der Waals surface area (Å²) in [5, 5.41) is 2.31. The van der Waals surface area contributed by atoms with Crippen LogP contribution in [0, 0.1) is 5.82 Å². The van der Waals surface area contributed by atoms with Gasteiger partial charge >= 0.3 is 0 Å². The van der Waals surface area contributed by atoms with Gasteiger partial charge in [-0.05, 0) is 147 Å². The summed E-state index contributed by atoms with van der Waals surface area (Å²) < 4.78 is 28.3. The maximum atomic E-state index is 14.1. The van der Waals surface area contributed by atoms with Gasteiger partial charge in [0.2, 0.25) is 0 Å². The molecule has 3 heterocycles. The van der Waals surface area contributed by atoms with Crippen LogP contribution in [-0.4, -0.2) is 14.1 Å². The van der Waals surface area contributed by atoms with E-state index in [2.05, 4.69) is 224 Å². The smallest absolute Gasteiger partial charge is 0.255 e. The lowest BCUT2D eigenvalue weighted by Gasteiger charge is -2.21. The van der Waals surface area contributed by atoms with Gasteiger partial charge in [-0.1, -0.05) is 137 Å². The largest absolute Gasteiger partial charge is 0.457 e. The van der Waals surface area contributed by atoms with Crippen LogP contribution < -0.4 is 9.30 Å². The van der Waals surface area contributed by atoms with Crippen molar-refractivity contribution in [2.75, 3.05) is 0 Å². The number of benzene rings is 7. The van der Waals surface area contributed by atoms with Gasteiger partial charge in [-0.2, -0.15) is 9.13 Å². The van der Waals surface area contributed by atoms with Crippen LogP contribution in [-0.2, 0) is 5.41 Å². The zero-order valence-corrected chi connectivity index (χ0v) is 42.5. The summed E-state index contributed by atoms with van der Waals surface area (Å²) in [6, 6.07) is 53.1. The Balaban J connectivity index is 1.19. The van der Waals surface area contributed by atoms with Gasteiger partial charge in [0.25, 0.3) is 6.33 Å². The third-order valence-electron chi connectivity index (χ3n) is 14.0. The van der Waals surface area contributed by atoms with Crippen molar-refractivity contribution in [2.24, 2.45) is 0 Å². The number of fused-ring (bicyclic) bond motifs is 4. The molecule has 0 aliphatic carbocycles. The fourth-order valence-electron chi connectivity index (χ4n) is 10.4. The Morgan fingerprint density at radius 1 is 0.529 bits per heavy atom. The number of imidazole rings is 1. The summed E-state index contributed by atoms with van der Waals surface area (Å²) >= 11 is 0. The molecule has 5 nitrogen and oxygen atoms in total. The predicted octanol–water partition coefficient (Wildman–Crippen LogP) is 17.5. The van der Waals surface area contributed by atoms with E-state index in [1.54, 1.807) is 12.1 Å². The van der Waals surface area contributed by atoms with Crippen LogP contribution in [0.15, 0.2) is 164 Å². The first-order chi connectivity index (χ1) is 33.5. The third-order valence-corrected chi connectivity index (χ3v) is 14.0. The molecule has 0 aliphatic heterocycles. The highest BCUT2D eigenvalue weighted by molar-refractivity contribution is 6.09. The number of hydrogen-bond acceptors (Lipinski definition) is 2. The van der Waals surface area contributed by atoms with Crippen molar-refractivity contribution in [3.8, 4) is 50.9 Å². The summed E-state index contributed by atoms with van der Waals surface area (Å²) in [6.45, 7) is 24.9. The predicted molar refractivity (Wildman–Crippen MR) is 289 cm³/mol. The Morgan fingerprint density at radius 2 is 1.16 bits per heavy atom. The van der Waals surface area contributed by atoms with Crippen molar-refractivity contribution < 1.29 is 13.7 Å². The molecule has 0 saturated carbocycles. The van der Waals surface area contributed by atoms with Gasteiger partial charge in [0.05, 0.1) is 11.0 Å². The molecule has 0 N–H and O–H groups in total. The fourth-order valence-corrected chi connectivity index (χ4v) is 10.4. The van der Waals surface area contributed by atoms with Crippen LogP contribution >= 0.6 is 0 Å². The minimum atomic E-state index is -0.233. The first-order valence-electron chi connectivity index (χ1n) is 25.0. The second-order valence-corrected chi connectivity index (χ2v) is 21.3. The van der Waals surface area contributed by atoms with Crippen LogP contribution in [0.5, 0.6) is 11.5 Å². The summed E-state index contributed by atoms with van der Waals surface area (Å²) in [5.74, 6) is 3.15. The van der Waals surface area contributed by atoms with Gasteiger partial charge in [-0.3, -0.25) is 4.57 Å². The van der Waals surface area contributed by atoms with Gasteiger partial charge < -0.3 is 4.74 Å². The lowest BCUT2D eigenvalue weighted by molar-refractivity contribution is -0.569. The van der Waals surface area contributed by atoms with E-state index in [1.165, 1.54) is 44.5 Å². The van der Waals surface area contributed by atoms with Crippen molar-refractivity contribution in [2.45, 2.75) is 105 Å². The molecule has 6 heteroatoms. The van der Waals surface area contributed by atoms with E-state index in [0.29, 0.717) is 11.8 Å². The zero-order chi connectivity index (χ0) is 49.2. The molecule has 0 saturated heterocycles. The summed E-state index contributed by atoms with van der Waals surface area (Å²) in [4.78, 5) is 4.95. The summed E-state index contributed by atoms with van der Waals surface area (Å²) in [5.41, 5.74) is 17.2. The Labute approximate surface area is 412 Å². The molecule has 0 spiro atoms. The Hall–Kier alpha value is -7.31. The topological polar surface area (TPSA) is 35.9 Å². The van der Waals surface area contributed by atoms with Gasteiger partial charge in [0.1, 0.15) is 34.5 Å². The lowest BCUT2D eigenvalue weighted by atomic mass is 9.85. The van der Waals surface area contributed by atoms with Crippen LogP contribution in [0.3, 0.4) is 0 Å². The molecule has 0 atom stereocenters. The Kier molecular flexibility index (Phi) is 12.1. The monoisotopic (exact) mass is 924 g/mol. The molecule has 7 aromatic carbocycles. The van der Waals surface area contributed by atoms with Crippen molar-refractivity contribution in [1.82, 2.24) is 14.1 Å². The van der Waals surface area contributed by atoms with E-state index in [0.717, 1.165) is 67.1 Å². The molecule has 10 rings (SSSR count). The van der Waals surface area contributed by atoms with E-state index < -0.39 is 0 Å². The van der Waals surface area contributed by atoms with Crippen LogP contribution in [0.2, 0.25) is 0 Å². The van der Waals surface area contributed by atoms with Crippen molar-refractivity contribution >= 4 is 32.8 Å². The number of hydrogen-bond donors (Lipinski definition) is 0. The molecule has 352 valence electrons. The first-order valence-corrected chi connectivity index (χ1v) is 25.0. The molecule has 0 radical (unpaired) electrons. The van der Waals surface area contributed by atoms with E-state index in [9.17, 15) is 4.39 Å². The minimum Gasteiger partial charge on any atom is -0.457 e. The number of rotatable bonds is 11. The third kappa shape index (κ3) is 8.48. The van der Waals surface area contributed by atoms with Gasteiger partial charge in [-0.25, -0.2) is 9.37 Å². The maximum Gasteiger partial charge on any atom is 0.255 e.